The number of benzene rings is 1. The summed E-state index contributed by atoms with van der Waals surface area (Å²) >= 11 is 0. The molecule has 112 valence electrons. The van der Waals surface area contributed by atoms with Crippen LogP contribution in [0, 0.1) is 0 Å². The fourth-order valence-corrected chi connectivity index (χ4v) is 1.84. The smallest absolute Gasteiger partial charge is 0.303 e. The monoisotopic (exact) mass is 281 g/mol. The van der Waals surface area contributed by atoms with Gasteiger partial charge in [-0.15, -0.1) is 0 Å². The summed E-state index contributed by atoms with van der Waals surface area (Å²) in [5.74, 6) is 0.642. The number of ether oxygens (including phenoxy) is 2. The SMILES string of the molecule is CCOc1ccc(NC(C)CCC(=O)O)cc1OCC. The number of aliphatic carboxylic acids is 1. The Morgan fingerprint density at radius 1 is 1.25 bits per heavy atom. The lowest BCUT2D eigenvalue weighted by molar-refractivity contribution is -0.137. The van der Waals surface area contributed by atoms with Gasteiger partial charge in [-0.1, -0.05) is 0 Å². The molecule has 1 aromatic carbocycles. The molecule has 0 heterocycles. The Balaban J connectivity index is 2.70. The first-order chi connectivity index (χ1) is 9.56. The number of nitrogens with one attached hydrogen (secondary N) is 1. The van der Waals surface area contributed by atoms with Crippen molar-refractivity contribution in [2.75, 3.05) is 18.5 Å². The van der Waals surface area contributed by atoms with Crippen LogP contribution in [-0.4, -0.2) is 30.3 Å². The van der Waals surface area contributed by atoms with Crippen LogP contribution in [0.3, 0.4) is 0 Å². The van der Waals surface area contributed by atoms with Crippen LogP contribution in [0.2, 0.25) is 0 Å². The van der Waals surface area contributed by atoms with Crippen molar-refractivity contribution in [3.8, 4) is 11.5 Å². The molecule has 0 saturated heterocycles. The van der Waals surface area contributed by atoms with Crippen molar-refractivity contribution < 1.29 is 19.4 Å². The molecule has 0 spiro atoms. The number of hydrogen-bond acceptors (Lipinski definition) is 4. The molecular formula is C15H23NO4. The van der Waals surface area contributed by atoms with E-state index in [4.69, 9.17) is 14.6 Å². The molecule has 1 unspecified atom stereocenters. The third-order valence-corrected chi connectivity index (χ3v) is 2.75. The van der Waals surface area contributed by atoms with Crippen molar-refractivity contribution in [1.29, 1.82) is 0 Å². The highest BCUT2D eigenvalue weighted by Crippen LogP contribution is 2.31. The second-order valence-electron chi connectivity index (χ2n) is 4.51. The highest BCUT2D eigenvalue weighted by molar-refractivity contribution is 5.66. The summed E-state index contributed by atoms with van der Waals surface area (Å²) in [6.07, 6.45) is 0.732. The van der Waals surface area contributed by atoms with Crippen LogP contribution in [0.15, 0.2) is 18.2 Å². The molecule has 0 bridgehead atoms. The van der Waals surface area contributed by atoms with Gasteiger partial charge in [-0.2, -0.15) is 0 Å². The summed E-state index contributed by atoms with van der Waals surface area (Å²) in [5.41, 5.74) is 0.898. The van der Waals surface area contributed by atoms with Crippen LogP contribution < -0.4 is 14.8 Å². The molecule has 0 amide bonds. The number of carbonyl (C=O) groups is 1. The van der Waals surface area contributed by atoms with Gasteiger partial charge in [0.15, 0.2) is 11.5 Å². The van der Waals surface area contributed by atoms with Gasteiger partial charge in [0.05, 0.1) is 13.2 Å². The van der Waals surface area contributed by atoms with Gasteiger partial charge in [-0.3, -0.25) is 4.79 Å². The number of rotatable bonds is 9. The topological polar surface area (TPSA) is 67.8 Å². The molecule has 0 fully saturated rings. The highest BCUT2D eigenvalue weighted by Gasteiger charge is 2.09. The minimum Gasteiger partial charge on any atom is -0.490 e. The van der Waals surface area contributed by atoms with Crippen LogP contribution >= 0.6 is 0 Å². The summed E-state index contributed by atoms with van der Waals surface area (Å²) in [4.78, 5) is 10.5. The van der Waals surface area contributed by atoms with Crippen molar-refractivity contribution in [3.63, 3.8) is 0 Å². The molecule has 0 aliphatic carbocycles. The summed E-state index contributed by atoms with van der Waals surface area (Å²) in [6, 6.07) is 5.73. The third kappa shape index (κ3) is 5.38. The van der Waals surface area contributed by atoms with Gasteiger partial charge >= 0.3 is 5.97 Å². The van der Waals surface area contributed by atoms with Crippen LogP contribution in [0.1, 0.15) is 33.6 Å². The Morgan fingerprint density at radius 3 is 2.50 bits per heavy atom. The summed E-state index contributed by atoms with van der Waals surface area (Å²) in [5, 5.41) is 11.9. The van der Waals surface area contributed by atoms with Crippen LogP contribution in [0.25, 0.3) is 0 Å². The predicted molar refractivity (Wildman–Crippen MR) is 78.7 cm³/mol. The molecule has 0 radical (unpaired) electrons. The van der Waals surface area contributed by atoms with E-state index in [1.54, 1.807) is 0 Å². The molecule has 2 N–H and O–H groups in total. The Bertz CT molecular complexity index is 434. The number of anilines is 1. The molecule has 0 aliphatic heterocycles. The average Bonchev–Trinajstić information content (AvgIpc) is 2.40. The molecule has 1 rings (SSSR count). The predicted octanol–water partition coefficient (Wildman–Crippen LogP) is 3.15. The molecule has 1 aromatic rings. The molecule has 5 heteroatoms. The maximum Gasteiger partial charge on any atom is 0.303 e. The first-order valence-corrected chi connectivity index (χ1v) is 6.94. The Kier molecular flexibility index (Phi) is 6.70. The number of carboxylic acids is 1. The summed E-state index contributed by atoms with van der Waals surface area (Å²) in [6.45, 7) is 6.96. The summed E-state index contributed by atoms with van der Waals surface area (Å²) in [7, 11) is 0. The normalized spacial score (nSPS) is 11.8. The maximum absolute atomic E-state index is 10.5. The van der Waals surface area contributed by atoms with E-state index in [2.05, 4.69) is 5.32 Å². The van der Waals surface area contributed by atoms with E-state index in [1.807, 2.05) is 39.0 Å². The van der Waals surface area contributed by atoms with Crippen LogP contribution in [0.4, 0.5) is 5.69 Å². The lowest BCUT2D eigenvalue weighted by Gasteiger charge is -2.17. The first-order valence-electron chi connectivity index (χ1n) is 6.94. The second-order valence-corrected chi connectivity index (χ2v) is 4.51. The maximum atomic E-state index is 10.5. The first kappa shape index (κ1) is 16.1. The molecule has 0 saturated carbocycles. The lowest BCUT2D eigenvalue weighted by Crippen LogP contribution is -2.16. The average molecular weight is 281 g/mol. The van der Waals surface area contributed by atoms with Crippen LogP contribution in [0.5, 0.6) is 11.5 Å². The van der Waals surface area contributed by atoms with E-state index in [0.29, 0.717) is 25.4 Å². The Morgan fingerprint density at radius 2 is 1.90 bits per heavy atom. The minimum absolute atomic E-state index is 0.0820. The van der Waals surface area contributed by atoms with Gasteiger partial charge in [0.25, 0.3) is 0 Å². The lowest BCUT2D eigenvalue weighted by atomic mass is 10.1. The molecule has 20 heavy (non-hydrogen) atoms. The zero-order valence-electron chi connectivity index (χ0n) is 12.3. The third-order valence-electron chi connectivity index (χ3n) is 2.75. The second kappa shape index (κ2) is 8.30. The van der Waals surface area contributed by atoms with Crippen molar-refractivity contribution in [2.45, 2.75) is 39.7 Å². The van der Waals surface area contributed by atoms with E-state index >= 15 is 0 Å². The van der Waals surface area contributed by atoms with E-state index in [-0.39, 0.29) is 12.5 Å². The van der Waals surface area contributed by atoms with Gasteiger partial charge in [-0.25, -0.2) is 0 Å². The van der Waals surface area contributed by atoms with Gasteiger partial charge in [-0.05, 0) is 39.3 Å². The fourth-order valence-electron chi connectivity index (χ4n) is 1.84. The molecule has 5 nitrogen and oxygen atoms in total. The highest BCUT2D eigenvalue weighted by atomic mass is 16.5. The summed E-state index contributed by atoms with van der Waals surface area (Å²) < 4.78 is 11.0. The molecular weight excluding hydrogens is 258 g/mol. The van der Waals surface area contributed by atoms with Crippen molar-refractivity contribution >= 4 is 11.7 Å². The van der Waals surface area contributed by atoms with E-state index in [1.165, 1.54) is 0 Å². The fraction of sp³-hybridized carbons (Fsp3) is 0.533. The zero-order valence-corrected chi connectivity index (χ0v) is 12.3. The van der Waals surface area contributed by atoms with Crippen molar-refractivity contribution in [1.82, 2.24) is 0 Å². The zero-order chi connectivity index (χ0) is 15.0. The van der Waals surface area contributed by atoms with Crippen molar-refractivity contribution in [2.24, 2.45) is 0 Å². The minimum atomic E-state index is -0.777. The van der Waals surface area contributed by atoms with E-state index in [0.717, 1.165) is 11.4 Å². The standard InChI is InChI=1S/C15H23NO4/c1-4-19-13-8-7-12(10-14(13)20-5-2)16-11(3)6-9-15(17)18/h7-8,10-11,16H,4-6,9H2,1-3H3,(H,17,18). The van der Waals surface area contributed by atoms with Crippen molar-refractivity contribution in [3.05, 3.63) is 18.2 Å². The Labute approximate surface area is 119 Å². The largest absolute Gasteiger partial charge is 0.490 e. The molecule has 0 aliphatic rings. The quantitative estimate of drug-likeness (QED) is 0.727. The van der Waals surface area contributed by atoms with Gasteiger partial charge in [0, 0.05) is 24.2 Å². The molecule has 0 aromatic heterocycles. The number of hydrogen-bond donors (Lipinski definition) is 2. The van der Waals surface area contributed by atoms with Gasteiger partial charge < -0.3 is 19.9 Å². The van der Waals surface area contributed by atoms with E-state index in [9.17, 15) is 4.79 Å². The van der Waals surface area contributed by atoms with Crippen LogP contribution in [-0.2, 0) is 4.79 Å². The number of carboxylic acid groups (broad SMARTS) is 1. The van der Waals surface area contributed by atoms with Gasteiger partial charge in [0.1, 0.15) is 0 Å². The van der Waals surface area contributed by atoms with E-state index < -0.39 is 5.97 Å². The Hall–Kier alpha value is -1.91. The van der Waals surface area contributed by atoms with Gasteiger partial charge in [0.2, 0.25) is 0 Å². The molecule has 1 atom stereocenters.